The van der Waals surface area contributed by atoms with Crippen LogP contribution in [-0.2, 0) is 9.32 Å². The van der Waals surface area contributed by atoms with Crippen LogP contribution < -0.4 is 0 Å². The second-order valence-corrected chi connectivity index (χ2v) is 10.1. The molecule has 0 aliphatic heterocycles. The smallest absolute Gasteiger partial charge is 0.139 e. The number of rotatable bonds is 2. The van der Waals surface area contributed by atoms with Crippen LogP contribution in [0.4, 0.5) is 0 Å². The first kappa shape index (κ1) is 17.4. The minimum absolute atomic E-state index is 0.0445. The number of carbonyl (C=O) groups excluding carboxylic acids is 1. The van der Waals surface area contributed by atoms with Gasteiger partial charge in [-0.3, -0.25) is 4.79 Å². The van der Waals surface area contributed by atoms with E-state index in [4.69, 9.17) is 4.52 Å². The summed E-state index contributed by atoms with van der Waals surface area (Å²) in [5.74, 6) is 3.06. The molecule has 24 heavy (non-hydrogen) atoms. The highest BCUT2D eigenvalue weighted by Gasteiger charge is 2.62. The third-order valence-electron chi connectivity index (χ3n) is 8.71. The van der Waals surface area contributed by atoms with E-state index in [2.05, 4.69) is 16.4 Å². The van der Waals surface area contributed by atoms with Crippen LogP contribution in [0.3, 0.4) is 0 Å². The van der Waals surface area contributed by atoms with Gasteiger partial charge in [0.15, 0.2) is 0 Å². The Morgan fingerprint density at radius 1 is 1.12 bits per heavy atom. The monoisotopic (exact) mass is 352 g/mol. The molecule has 0 spiro atoms. The molecule has 0 amide bonds. The number of ketones is 1. The van der Waals surface area contributed by atoms with Gasteiger partial charge in [0.2, 0.25) is 0 Å². The summed E-state index contributed by atoms with van der Waals surface area (Å²) >= 11 is 0. The summed E-state index contributed by atoms with van der Waals surface area (Å²) in [4.78, 5) is 12.5. The minimum atomic E-state index is -0.506. The van der Waals surface area contributed by atoms with Crippen molar-refractivity contribution in [3.05, 3.63) is 0 Å². The molecule has 0 heterocycles. The number of carbonyl (C=O) groups is 1. The highest BCUT2D eigenvalue weighted by atomic mass is 31.0. The maximum Gasteiger partial charge on any atom is 0.139 e. The van der Waals surface area contributed by atoms with Crippen LogP contribution in [0.2, 0.25) is 0 Å². The van der Waals surface area contributed by atoms with Gasteiger partial charge in [-0.15, -0.1) is 0 Å². The Bertz CT molecular complexity index is 533. The van der Waals surface area contributed by atoms with E-state index in [9.17, 15) is 9.90 Å². The van der Waals surface area contributed by atoms with Crippen molar-refractivity contribution in [2.45, 2.75) is 77.2 Å². The number of fused-ring (bicyclic) bond motifs is 5. The predicted octanol–water partition coefficient (Wildman–Crippen LogP) is 4.14. The van der Waals surface area contributed by atoms with Crippen molar-refractivity contribution in [2.75, 3.05) is 6.61 Å². The molecule has 0 saturated heterocycles. The minimum Gasteiger partial charge on any atom is -0.390 e. The summed E-state index contributed by atoms with van der Waals surface area (Å²) in [6.45, 7) is 5.06. The fraction of sp³-hybridized carbons (Fsp3) is 0.950. The van der Waals surface area contributed by atoms with E-state index >= 15 is 0 Å². The van der Waals surface area contributed by atoms with E-state index in [0.717, 1.165) is 45.1 Å². The summed E-state index contributed by atoms with van der Waals surface area (Å²) in [6, 6.07) is 0. The lowest BCUT2D eigenvalue weighted by Gasteiger charge is -2.61. The largest absolute Gasteiger partial charge is 0.390 e. The Hall–Kier alpha value is 0.0200. The van der Waals surface area contributed by atoms with Crippen LogP contribution >= 0.6 is 9.47 Å². The molecular formula is C20H33O3P. The van der Waals surface area contributed by atoms with Gasteiger partial charge < -0.3 is 9.63 Å². The van der Waals surface area contributed by atoms with Crippen molar-refractivity contribution in [1.29, 1.82) is 0 Å². The standard InChI is InChI=1S/C20H33O3P/c1-18(22)9-10-20(12-23-24)13(11-18)3-4-14-15-5-6-17(21)19(15,2)8-7-16(14)20/h13-16,22H,3-12,24H2,1-2H3/t13-,14-,15-,16-,18+,19-,20+/m0/s1. The fourth-order valence-corrected chi connectivity index (χ4v) is 7.75. The molecule has 0 aromatic carbocycles. The number of aliphatic hydroxyl groups is 1. The van der Waals surface area contributed by atoms with Crippen LogP contribution in [0.25, 0.3) is 0 Å². The first-order chi connectivity index (χ1) is 11.3. The zero-order valence-electron chi connectivity index (χ0n) is 15.2. The first-order valence-electron chi connectivity index (χ1n) is 9.90. The zero-order valence-corrected chi connectivity index (χ0v) is 16.4. The summed E-state index contributed by atoms with van der Waals surface area (Å²) in [5.41, 5.74) is -0.328. The van der Waals surface area contributed by atoms with Crippen molar-refractivity contribution in [1.82, 2.24) is 0 Å². The quantitative estimate of drug-likeness (QED) is 0.760. The van der Waals surface area contributed by atoms with Crippen LogP contribution in [-0.4, -0.2) is 23.1 Å². The summed E-state index contributed by atoms with van der Waals surface area (Å²) in [6.07, 6.45) is 9.50. The van der Waals surface area contributed by atoms with E-state index in [-0.39, 0.29) is 10.8 Å². The summed E-state index contributed by atoms with van der Waals surface area (Å²) in [5, 5.41) is 10.6. The van der Waals surface area contributed by atoms with Crippen molar-refractivity contribution in [3.63, 3.8) is 0 Å². The number of hydrogen-bond acceptors (Lipinski definition) is 3. The average molecular weight is 352 g/mol. The first-order valence-corrected chi connectivity index (χ1v) is 10.4. The predicted molar refractivity (Wildman–Crippen MR) is 97.3 cm³/mol. The molecule has 4 aliphatic carbocycles. The summed E-state index contributed by atoms with van der Waals surface area (Å²) < 4.78 is 5.68. The molecule has 4 heteroatoms. The van der Waals surface area contributed by atoms with Gasteiger partial charge in [0, 0.05) is 26.7 Å². The molecular weight excluding hydrogens is 319 g/mol. The van der Waals surface area contributed by atoms with Gasteiger partial charge in [-0.2, -0.15) is 0 Å². The van der Waals surface area contributed by atoms with E-state index in [1.807, 2.05) is 6.92 Å². The van der Waals surface area contributed by atoms with Crippen molar-refractivity contribution >= 4 is 15.2 Å². The topological polar surface area (TPSA) is 46.5 Å². The Balaban J connectivity index is 1.67. The molecule has 4 rings (SSSR count). The van der Waals surface area contributed by atoms with Gasteiger partial charge >= 0.3 is 0 Å². The fourth-order valence-electron chi connectivity index (χ4n) is 7.44. The second kappa shape index (κ2) is 5.76. The third-order valence-corrected chi connectivity index (χ3v) is 8.88. The second-order valence-electron chi connectivity index (χ2n) is 9.81. The molecule has 0 aromatic heterocycles. The maximum absolute atomic E-state index is 12.5. The molecule has 4 saturated carbocycles. The van der Waals surface area contributed by atoms with E-state index in [1.165, 1.54) is 19.3 Å². The Morgan fingerprint density at radius 3 is 2.67 bits per heavy atom. The van der Waals surface area contributed by atoms with Crippen LogP contribution in [0.1, 0.15) is 71.6 Å². The summed E-state index contributed by atoms with van der Waals surface area (Å²) in [7, 11) is 2.47. The van der Waals surface area contributed by atoms with Crippen LogP contribution in [0.5, 0.6) is 0 Å². The third kappa shape index (κ3) is 2.37. The van der Waals surface area contributed by atoms with Crippen molar-refractivity contribution < 1.29 is 14.4 Å². The Kier molecular flexibility index (Phi) is 4.18. The van der Waals surface area contributed by atoms with Crippen LogP contribution in [0, 0.1) is 34.5 Å². The molecule has 0 bridgehead atoms. The van der Waals surface area contributed by atoms with Gasteiger partial charge in [-0.1, -0.05) is 6.92 Å². The Labute approximate surface area is 148 Å². The molecule has 0 aromatic rings. The zero-order chi connectivity index (χ0) is 17.2. The van der Waals surface area contributed by atoms with Gasteiger partial charge in [0.1, 0.15) is 5.78 Å². The highest BCUT2D eigenvalue weighted by molar-refractivity contribution is 7.09. The molecule has 0 radical (unpaired) electrons. The van der Waals surface area contributed by atoms with E-state index in [1.54, 1.807) is 0 Å². The average Bonchev–Trinajstić information content (AvgIpc) is 2.83. The lowest BCUT2D eigenvalue weighted by molar-refractivity contribution is -0.165. The Morgan fingerprint density at radius 2 is 1.92 bits per heavy atom. The molecule has 8 atom stereocenters. The normalized spacial score (nSPS) is 54.1. The van der Waals surface area contributed by atoms with E-state index in [0.29, 0.717) is 29.5 Å². The number of Topliss-reactive ketones (excluding diaryl/α,β-unsaturated/α-hetero) is 1. The van der Waals surface area contributed by atoms with Crippen LogP contribution in [0.15, 0.2) is 0 Å². The van der Waals surface area contributed by atoms with Gasteiger partial charge in [-0.05, 0) is 82.0 Å². The van der Waals surface area contributed by atoms with Crippen molar-refractivity contribution in [3.8, 4) is 0 Å². The lowest BCUT2D eigenvalue weighted by Crippen LogP contribution is -2.58. The highest BCUT2D eigenvalue weighted by Crippen LogP contribution is 2.66. The lowest BCUT2D eigenvalue weighted by atomic mass is 9.44. The maximum atomic E-state index is 12.5. The molecule has 1 N–H and O–H groups in total. The van der Waals surface area contributed by atoms with Crippen molar-refractivity contribution in [2.24, 2.45) is 34.5 Å². The number of hydrogen-bond donors (Lipinski definition) is 1. The van der Waals surface area contributed by atoms with E-state index < -0.39 is 5.60 Å². The SMILES string of the molecule is C[C@@]1(O)CC[C@@]2(COP)[C@@H](CC[C@@H]3[C@@H]2CC[C@]2(C)C(=O)CC[C@@H]32)C1. The molecule has 4 aliphatic rings. The van der Waals surface area contributed by atoms with Gasteiger partial charge in [0.25, 0.3) is 0 Å². The van der Waals surface area contributed by atoms with Gasteiger partial charge in [-0.25, -0.2) is 0 Å². The molecule has 136 valence electrons. The molecule has 3 nitrogen and oxygen atoms in total. The molecule has 1 unspecified atom stereocenters. The molecule has 4 fully saturated rings. The van der Waals surface area contributed by atoms with Gasteiger partial charge in [0.05, 0.1) is 12.2 Å².